The van der Waals surface area contributed by atoms with Gasteiger partial charge < -0.3 is 4.90 Å². The van der Waals surface area contributed by atoms with Crippen molar-refractivity contribution in [1.82, 2.24) is 5.01 Å². The number of carbonyl (C=O) groups is 1. The SMILES string of the molecule is CC(=O)N1N=C2C3CC[NH+](CC3)[C@H]2[C@H]1c1ccc([N+](=O)[O-])cc1. The molecule has 2 atom stereocenters. The lowest BCUT2D eigenvalue weighted by atomic mass is 9.78. The summed E-state index contributed by atoms with van der Waals surface area (Å²) in [6.45, 7) is 3.76. The van der Waals surface area contributed by atoms with Crippen molar-refractivity contribution >= 4 is 17.3 Å². The molecule has 7 nitrogen and oxygen atoms in total. The summed E-state index contributed by atoms with van der Waals surface area (Å²) < 4.78 is 0. The molecule has 7 heteroatoms. The second-order valence-electron chi connectivity index (χ2n) is 6.59. The van der Waals surface area contributed by atoms with Gasteiger partial charge in [0, 0.05) is 37.8 Å². The maximum atomic E-state index is 12.1. The number of rotatable bonds is 2. The van der Waals surface area contributed by atoms with Gasteiger partial charge in [-0.2, -0.15) is 5.10 Å². The highest BCUT2D eigenvalue weighted by Gasteiger charge is 2.53. The molecule has 0 spiro atoms. The molecule has 2 bridgehead atoms. The van der Waals surface area contributed by atoms with E-state index in [-0.39, 0.29) is 23.7 Å². The number of hydrogen-bond acceptors (Lipinski definition) is 4. The normalized spacial score (nSPS) is 31.7. The second-order valence-corrected chi connectivity index (χ2v) is 6.59. The van der Waals surface area contributed by atoms with Crippen LogP contribution in [-0.4, -0.2) is 40.7 Å². The van der Waals surface area contributed by atoms with Crippen molar-refractivity contribution in [1.29, 1.82) is 0 Å². The van der Waals surface area contributed by atoms with Crippen molar-refractivity contribution in [2.45, 2.75) is 31.8 Å². The smallest absolute Gasteiger partial charge is 0.269 e. The maximum absolute atomic E-state index is 12.1. The number of benzene rings is 1. The molecule has 0 aromatic heterocycles. The Morgan fingerprint density at radius 3 is 2.52 bits per heavy atom. The summed E-state index contributed by atoms with van der Waals surface area (Å²) in [6, 6.07) is 6.61. The van der Waals surface area contributed by atoms with Crippen LogP contribution in [0.15, 0.2) is 29.4 Å². The van der Waals surface area contributed by atoms with E-state index in [0.29, 0.717) is 5.92 Å². The van der Waals surface area contributed by atoms with Gasteiger partial charge in [0.2, 0.25) is 5.91 Å². The Labute approximate surface area is 133 Å². The summed E-state index contributed by atoms with van der Waals surface area (Å²) >= 11 is 0. The van der Waals surface area contributed by atoms with Crippen molar-refractivity contribution in [3.8, 4) is 0 Å². The number of carbonyl (C=O) groups excluding carboxylic acids is 1. The second kappa shape index (κ2) is 5.13. The predicted molar refractivity (Wildman–Crippen MR) is 83.0 cm³/mol. The lowest BCUT2D eigenvalue weighted by Gasteiger charge is -2.42. The summed E-state index contributed by atoms with van der Waals surface area (Å²) in [5.74, 6) is 0.414. The van der Waals surface area contributed by atoms with E-state index in [1.54, 1.807) is 17.1 Å². The highest BCUT2D eigenvalue weighted by Crippen LogP contribution is 2.36. The number of hydrogen-bond donors (Lipinski definition) is 1. The number of nitro benzene ring substituents is 1. The quantitative estimate of drug-likeness (QED) is 0.638. The van der Waals surface area contributed by atoms with Gasteiger partial charge in [0.15, 0.2) is 6.04 Å². The lowest BCUT2D eigenvalue weighted by Crippen LogP contribution is -3.20. The summed E-state index contributed by atoms with van der Waals surface area (Å²) in [5.41, 5.74) is 2.14. The van der Waals surface area contributed by atoms with Gasteiger partial charge in [-0.05, 0) is 17.7 Å². The molecule has 1 N–H and O–H groups in total. The van der Waals surface area contributed by atoms with Gasteiger partial charge in [-0.3, -0.25) is 14.9 Å². The van der Waals surface area contributed by atoms with Crippen molar-refractivity contribution in [3.63, 3.8) is 0 Å². The zero-order valence-corrected chi connectivity index (χ0v) is 12.9. The van der Waals surface area contributed by atoms with Crippen LogP contribution in [0.4, 0.5) is 5.69 Å². The van der Waals surface area contributed by atoms with Crippen LogP contribution in [0.5, 0.6) is 0 Å². The van der Waals surface area contributed by atoms with Crippen LogP contribution >= 0.6 is 0 Å². The van der Waals surface area contributed by atoms with E-state index >= 15 is 0 Å². The molecule has 4 heterocycles. The van der Waals surface area contributed by atoms with Crippen molar-refractivity contribution in [2.24, 2.45) is 11.0 Å². The van der Waals surface area contributed by atoms with Gasteiger partial charge in [0.25, 0.3) is 5.69 Å². The molecule has 0 aliphatic carbocycles. The third-order valence-corrected chi connectivity index (χ3v) is 5.38. The first kappa shape index (κ1) is 14.3. The molecule has 5 rings (SSSR count). The molecule has 0 saturated carbocycles. The highest BCUT2D eigenvalue weighted by atomic mass is 16.6. The predicted octanol–water partition coefficient (Wildman–Crippen LogP) is 0.531. The van der Waals surface area contributed by atoms with Gasteiger partial charge in [0.1, 0.15) is 11.8 Å². The maximum Gasteiger partial charge on any atom is 0.269 e. The van der Waals surface area contributed by atoms with Crippen LogP contribution < -0.4 is 4.90 Å². The van der Waals surface area contributed by atoms with Crippen LogP contribution in [0, 0.1) is 16.0 Å². The third-order valence-electron chi connectivity index (χ3n) is 5.38. The van der Waals surface area contributed by atoms with E-state index in [2.05, 4.69) is 5.10 Å². The van der Waals surface area contributed by atoms with Gasteiger partial charge in [-0.1, -0.05) is 0 Å². The molecule has 1 amide bonds. The lowest BCUT2D eigenvalue weighted by molar-refractivity contribution is -0.927. The Kier molecular flexibility index (Phi) is 3.19. The van der Waals surface area contributed by atoms with Crippen LogP contribution in [0.3, 0.4) is 0 Å². The van der Waals surface area contributed by atoms with Crippen molar-refractivity contribution < 1.29 is 14.6 Å². The molecule has 1 aromatic carbocycles. The number of fused-ring (bicyclic) bond motifs is 2. The Balaban J connectivity index is 1.73. The molecule has 3 saturated heterocycles. The summed E-state index contributed by atoms with van der Waals surface area (Å²) in [5, 5.41) is 17.1. The average Bonchev–Trinajstić information content (AvgIpc) is 2.99. The highest BCUT2D eigenvalue weighted by molar-refractivity contribution is 5.95. The molecule has 0 unspecified atom stereocenters. The van der Waals surface area contributed by atoms with Gasteiger partial charge >= 0.3 is 0 Å². The van der Waals surface area contributed by atoms with Gasteiger partial charge in [-0.15, -0.1) is 0 Å². The van der Waals surface area contributed by atoms with Crippen LogP contribution in [0.1, 0.15) is 31.4 Å². The fraction of sp³-hybridized carbons (Fsp3) is 0.500. The number of hydrazone groups is 1. The Morgan fingerprint density at radius 2 is 1.96 bits per heavy atom. The zero-order valence-electron chi connectivity index (χ0n) is 12.9. The minimum Gasteiger partial charge on any atom is -0.326 e. The largest absolute Gasteiger partial charge is 0.326 e. The first-order valence-electron chi connectivity index (χ1n) is 8.03. The fourth-order valence-corrected chi connectivity index (χ4v) is 4.31. The van der Waals surface area contributed by atoms with Crippen molar-refractivity contribution in [3.05, 3.63) is 39.9 Å². The molecule has 0 radical (unpaired) electrons. The van der Waals surface area contributed by atoms with Crippen LogP contribution in [-0.2, 0) is 4.79 Å². The standard InChI is InChI=1S/C16H18N4O3/c1-10(21)19-15(12-2-4-13(5-3-12)20(22)23)16-14(17-19)11-6-8-18(16)9-7-11/h2-5,11,15-16H,6-9H2,1H3/p+1/t15-,16-/m1/s1. The minimum atomic E-state index is -0.402. The molecule has 3 fully saturated rings. The van der Waals surface area contributed by atoms with E-state index in [9.17, 15) is 14.9 Å². The fourth-order valence-electron chi connectivity index (χ4n) is 4.31. The molecule has 4 aliphatic heterocycles. The van der Waals surface area contributed by atoms with E-state index in [4.69, 9.17) is 0 Å². The Morgan fingerprint density at radius 1 is 1.30 bits per heavy atom. The number of quaternary nitrogens is 1. The van der Waals surface area contributed by atoms with E-state index < -0.39 is 4.92 Å². The Bertz CT molecular complexity index is 692. The monoisotopic (exact) mass is 315 g/mol. The summed E-state index contributed by atoms with van der Waals surface area (Å²) in [7, 11) is 0. The number of nitrogens with one attached hydrogen (secondary N) is 1. The van der Waals surface area contributed by atoms with E-state index in [1.165, 1.54) is 24.0 Å². The first-order valence-corrected chi connectivity index (χ1v) is 8.03. The number of piperidine rings is 3. The number of nitrogens with zero attached hydrogens (tertiary/aromatic N) is 3. The molecule has 4 aliphatic rings. The molecular formula is C16H19N4O3+. The summed E-state index contributed by atoms with van der Waals surface area (Å²) in [4.78, 5) is 24.0. The van der Waals surface area contributed by atoms with E-state index in [0.717, 1.165) is 37.2 Å². The third kappa shape index (κ3) is 2.15. The molecule has 120 valence electrons. The van der Waals surface area contributed by atoms with Crippen molar-refractivity contribution in [2.75, 3.05) is 13.1 Å². The zero-order chi connectivity index (χ0) is 16.1. The number of amides is 1. The van der Waals surface area contributed by atoms with Gasteiger partial charge in [-0.25, -0.2) is 5.01 Å². The number of non-ortho nitro benzene ring substituents is 1. The van der Waals surface area contributed by atoms with Crippen LogP contribution in [0.2, 0.25) is 0 Å². The summed E-state index contributed by atoms with van der Waals surface area (Å²) in [6.07, 6.45) is 2.28. The topological polar surface area (TPSA) is 80.2 Å². The van der Waals surface area contributed by atoms with Crippen LogP contribution in [0.25, 0.3) is 0 Å². The average molecular weight is 315 g/mol. The first-order chi connectivity index (χ1) is 11.1. The number of nitro groups is 1. The van der Waals surface area contributed by atoms with E-state index in [1.807, 2.05) is 0 Å². The molecule has 1 aromatic rings. The van der Waals surface area contributed by atoms with Gasteiger partial charge in [0.05, 0.1) is 18.0 Å². The Hall–Kier alpha value is -2.28. The minimum absolute atomic E-state index is 0.0695. The molecule has 23 heavy (non-hydrogen) atoms. The molecular weight excluding hydrogens is 296 g/mol.